The quantitative estimate of drug-likeness (QED) is 0.614. The van der Waals surface area contributed by atoms with E-state index in [9.17, 15) is 13.2 Å². The average molecular weight is 418 g/mol. The Kier molecular flexibility index (Phi) is 5.80. The highest BCUT2D eigenvalue weighted by molar-refractivity contribution is 7.99. The Morgan fingerprint density at radius 1 is 1.14 bits per heavy atom. The molecule has 146 valence electrons. The third-order valence-corrected chi connectivity index (χ3v) is 6.00. The van der Waals surface area contributed by atoms with Gasteiger partial charge < -0.3 is 5.32 Å². The van der Waals surface area contributed by atoms with E-state index < -0.39 is 9.84 Å². The maximum absolute atomic E-state index is 12.3. The summed E-state index contributed by atoms with van der Waals surface area (Å²) in [7, 11) is -3.34. The van der Waals surface area contributed by atoms with Gasteiger partial charge in [0, 0.05) is 11.9 Å². The number of rotatable bonds is 6. The Morgan fingerprint density at radius 3 is 2.50 bits per heavy atom. The zero-order chi connectivity index (χ0) is 20.3. The SMILES string of the molecule is Cc1cccc(C)c1-n1nnnc1SCC(=O)Nc1cccc(S(C)(=O)=O)c1. The second kappa shape index (κ2) is 8.11. The summed E-state index contributed by atoms with van der Waals surface area (Å²) < 4.78 is 24.9. The molecule has 0 saturated carbocycles. The molecule has 0 radical (unpaired) electrons. The zero-order valence-electron chi connectivity index (χ0n) is 15.6. The van der Waals surface area contributed by atoms with Crippen LogP contribution in [0.5, 0.6) is 0 Å². The third kappa shape index (κ3) is 4.57. The van der Waals surface area contributed by atoms with Crippen molar-refractivity contribution in [2.24, 2.45) is 0 Å². The number of benzene rings is 2. The Morgan fingerprint density at radius 2 is 1.82 bits per heavy atom. The van der Waals surface area contributed by atoms with Crippen LogP contribution in [0.25, 0.3) is 5.69 Å². The predicted octanol–water partition coefficient (Wildman–Crippen LogP) is 2.41. The maximum atomic E-state index is 12.3. The van der Waals surface area contributed by atoms with Crippen LogP contribution in [0.4, 0.5) is 5.69 Å². The number of hydrogen-bond donors (Lipinski definition) is 1. The van der Waals surface area contributed by atoms with Crippen molar-refractivity contribution in [3.05, 3.63) is 53.6 Å². The lowest BCUT2D eigenvalue weighted by Crippen LogP contribution is -2.15. The van der Waals surface area contributed by atoms with Crippen LogP contribution in [0.15, 0.2) is 52.5 Å². The first-order chi connectivity index (χ1) is 13.3. The van der Waals surface area contributed by atoms with E-state index in [1.165, 1.54) is 23.9 Å². The van der Waals surface area contributed by atoms with Crippen molar-refractivity contribution in [2.45, 2.75) is 23.9 Å². The van der Waals surface area contributed by atoms with Crippen LogP contribution >= 0.6 is 11.8 Å². The van der Waals surface area contributed by atoms with Crippen LogP contribution in [-0.2, 0) is 14.6 Å². The van der Waals surface area contributed by atoms with Gasteiger partial charge in [0.15, 0.2) is 9.84 Å². The minimum absolute atomic E-state index is 0.0778. The second-order valence-corrected chi connectivity index (χ2v) is 9.21. The number of carbonyl (C=O) groups excluding carboxylic acids is 1. The smallest absolute Gasteiger partial charge is 0.234 e. The summed E-state index contributed by atoms with van der Waals surface area (Å²) in [6.45, 7) is 3.94. The molecule has 0 aliphatic rings. The fourth-order valence-electron chi connectivity index (χ4n) is 2.68. The first-order valence-electron chi connectivity index (χ1n) is 8.33. The van der Waals surface area contributed by atoms with Crippen LogP contribution in [0.1, 0.15) is 11.1 Å². The van der Waals surface area contributed by atoms with Gasteiger partial charge in [-0.15, -0.1) is 5.10 Å². The molecular formula is C18H19N5O3S2. The minimum atomic E-state index is -3.34. The van der Waals surface area contributed by atoms with Crippen molar-refractivity contribution in [2.75, 3.05) is 17.3 Å². The number of nitrogens with one attached hydrogen (secondary N) is 1. The lowest BCUT2D eigenvalue weighted by molar-refractivity contribution is -0.113. The first-order valence-corrected chi connectivity index (χ1v) is 11.2. The molecule has 1 amide bonds. The number of carbonyl (C=O) groups is 1. The Labute approximate surface area is 167 Å². The molecule has 0 unspecified atom stereocenters. The minimum Gasteiger partial charge on any atom is -0.325 e. The maximum Gasteiger partial charge on any atom is 0.234 e. The third-order valence-electron chi connectivity index (χ3n) is 3.97. The fourth-order valence-corrected chi connectivity index (χ4v) is 4.02. The molecule has 0 spiro atoms. The average Bonchev–Trinajstić information content (AvgIpc) is 3.07. The second-order valence-electron chi connectivity index (χ2n) is 6.25. The molecule has 0 bridgehead atoms. The van der Waals surface area contributed by atoms with E-state index in [2.05, 4.69) is 20.8 Å². The lowest BCUT2D eigenvalue weighted by atomic mass is 10.1. The standard InChI is InChI=1S/C18H19N5O3S2/c1-12-6-4-7-13(2)17(12)23-18(20-21-22-23)27-11-16(24)19-14-8-5-9-15(10-14)28(3,25)26/h4-10H,11H2,1-3H3,(H,19,24). The molecule has 0 saturated heterocycles. The molecule has 3 aromatic rings. The van der Waals surface area contributed by atoms with E-state index in [1.54, 1.807) is 16.8 Å². The van der Waals surface area contributed by atoms with Gasteiger partial charge in [0.05, 0.1) is 16.3 Å². The molecule has 3 rings (SSSR count). The van der Waals surface area contributed by atoms with Gasteiger partial charge in [-0.2, -0.15) is 4.68 Å². The number of sulfone groups is 1. The normalized spacial score (nSPS) is 11.4. The van der Waals surface area contributed by atoms with E-state index in [0.717, 1.165) is 23.1 Å². The highest BCUT2D eigenvalue weighted by Gasteiger charge is 2.15. The number of tetrazole rings is 1. The van der Waals surface area contributed by atoms with Crippen molar-refractivity contribution in [1.29, 1.82) is 0 Å². The van der Waals surface area contributed by atoms with E-state index >= 15 is 0 Å². The van der Waals surface area contributed by atoms with Gasteiger partial charge in [-0.1, -0.05) is 36.0 Å². The van der Waals surface area contributed by atoms with Gasteiger partial charge in [-0.3, -0.25) is 4.79 Å². The van der Waals surface area contributed by atoms with E-state index in [1.807, 2.05) is 32.0 Å². The van der Waals surface area contributed by atoms with Crippen LogP contribution < -0.4 is 5.32 Å². The van der Waals surface area contributed by atoms with Gasteiger partial charge in [0.25, 0.3) is 0 Å². The van der Waals surface area contributed by atoms with E-state index in [4.69, 9.17) is 0 Å². The number of aromatic nitrogens is 4. The van der Waals surface area contributed by atoms with Crippen molar-refractivity contribution >= 4 is 33.2 Å². The highest BCUT2D eigenvalue weighted by Crippen LogP contribution is 2.23. The number of amides is 1. The summed E-state index contributed by atoms with van der Waals surface area (Å²) in [5.41, 5.74) is 3.35. The molecule has 28 heavy (non-hydrogen) atoms. The monoisotopic (exact) mass is 417 g/mol. The number of para-hydroxylation sites is 1. The van der Waals surface area contributed by atoms with Crippen molar-refractivity contribution < 1.29 is 13.2 Å². The Balaban J connectivity index is 1.71. The van der Waals surface area contributed by atoms with Crippen molar-refractivity contribution in [1.82, 2.24) is 20.2 Å². The summed E-state index contributed by atoms with van der Waals surface area (Å²) >= 11 is 1.20. The molecule has 0 fully saturated rings. The molecular weight excluding hydrogens is 398 g/mol. The molecule has 8 nitrogen and oxygen atoms in total. The van der Waals surface area contributed by atoms with E-state index in [0.29, 0.717) is 10.8 Å². The van der Waals surface area contributed by atoms with Crippen LogP contribution in [-0.4, -0.2) is 46.5 Å². The largest absolute Gasteiger partial charge is 0.325 e. The van der Waals surface area contributed by atoms with Gasteiger partial charge >= 0.3 is 0 Å². The Hall–Kier alpha value is -2.72. The topological polar surface area (TPSA) is 107 Å². The predicted molar refractivity (Wildman–Crippen MR) is 108 cm³/mol. The molecule has 1 heterocycles. The first kappa shape index (κ1) is 20.0. The van der Waals surface area contributed by atoms with Gasteiger partial charge in [-0.25, -0.2) is 8.42 Å². The molecule has 1 aromatic heterocycles. The van der Waals surface area contributed by atoms with Crippen LogP contribution in [0.2, 0.25) is 0 Å². The number of nitrogens with zero attached hydrogens (tertiary/aromatic N) is 4. The van der Waals surface area contributed by atoms with Crippen LogP contribution in [0.3, 0.4) is 0 Å². The summed E-state index contributed by atoms with van der Waals surface area (Å²) in [5, 5.41) is 15.0. The molecule has 0 aliphatic heterocycles. The molecule has 1 N–H and O–H groups in total. The molecule has 0 atom stereocenters. The molecule has 10 heteroatoms. The summed E-state index contributed by atoms with van der Waals surface area (Å²) in [6.07, 6.45) is 1.12. The van der Waals surface area contributed by atoms with Crippen molar-refractivity contribution in [3.8, 4) is 5.69 Å². The summed E-state index contributed by atoms with van der Waals surface area (Å²) in [6, 6.07) is 12.0. The lowest BCUT2D eigenvalue weighted by Gasteiger charge is -2.10. The van der Waals surface area contributed by atoms with Crippen molar-refractivity contribution in [3.63, 3.8) is 0 Å². The number of hydrogen-bond acceptors (Lipinski definition) is 7. The fraction of sp³-hybridized carbons (Fsp3) is 0.222. The molecule has 0 aliphatic carbocycles. The zero-order valence-corrected chi connectivity index (χ0v) is 17.2. The van der Waals surface area contributed by atoms with Gasteiger partial charge in [-0.05, 0) is 53.6 Å². The summed E-state index contributed by atoms with van der Waals surface area (Å²) in [4.78, 5) is 12.4. The van der Waals surface area contributed by atoms with Gasteiger partial charge in [0.1, 0.15) is 0 Å². The number of anilines is 1. The van der Waals surface area contributed by atoms with Gasteiger partial charge in [0.2, 0.25) is 11.1 Å². The van der Waals surface area contributed by atoms with Crippen LogP contribution in [0, 0.1) is 13.8 Å². The number of aryl methyl sites for hydroxylation is 2. The number of thioether (sulfide) groups is 1. The Bertz CT molecular complexity index is 1110. The summed E-state index contributed by atoms with van der Waals surface area (Å²) in [5.74, 6) is -0.208. The highest BCUT2D eigenvalue weighted by atomic mass is 32.2. The van der Waals surface area contributed by atoms with E-state index in [-0.39, 0.29) is 16.6 Å². The molecule has 2 aromatic carbocycles.